The van der Waals surface area contributed by atoms with Crippen LogP contribution in [0.15, 0.2) is 0 Å². The number of halogens is 2. The Morgan fingerprint density at radius 1 is 1.20 bits per heavy atom. The lowest BCUT2D eigenvalue weighted by atomic mass is 10.2. The smallest absolute Gasteiger partial charge is 0.223 e. The van der Waals surface area contributed by atoms with E-state index in [0.29, 0.717) is 12.5 Å². The van der Waals surface area contributed by atoms with Gasteiger partial charge in [-0.3, -0.25) is 9.69 Å². The van der Waals surface area contributed by atoms with Gasteiger partial charge in [0.1, 0.15) is 0 Å². The molecule has 1 aliphatic rings. The molecule has 1 aliphatic heterocycles. The third-order valence-electron chi connectivity index (χ3n) is 3.17. The summed E-state index contributed by atoms with van der Waals surface area (Å²) in [5, 5.41) is 3.01. The summed E-state index contributed by atoms with van der Waals surface area (Å²) in [6, 6.07) is 0. The predicted molar refractivity (Wildman–Crippen MR) is 87.1 cm³/mol. The Kier molecular flexibility index (Phi) is 14.1. The number of nitrogens with zero attached hydrogens (tertiary/aromatic N) is 2. The van der Waals surface area contributed by atoms with Crippen molar-refractivity contribution in [3.8, 4) is 0 Å². The van der Waals surface area contributed by atoms with E-state index in [1.165, 1.54) is 0 Å². The summed E-state index contributed by atoms with van der Waals surface area (Å²) in [7, 11) is 1.87. The molecule has 0 aliphatic carbocycles. The standard InChI is InChI=1S/C13H27N3O2.2ClH/c1-12(2)18-11-10-15-6-8-16(9-7-15)13(17)4-5-14-3;;/h12,14H,4-11H2,1-3H3;2*1H. The molecule has 0 bridgehead atoms. The molecule has 0 spiro atoms. The maximum absolute atomic E-state index is 11.8. The molecular formula is C13H29Cl2N3O2. The Bertz CT molecular complexity index is 248. The van der Waals surface area contributed by atoms with Gasteiger partial charge in [0.05, 0.1) is 12.7 Å². The van der Waals surface area contributed by atoms with Gasteiger partial charge in [-0.25, -0.2) is 0 Å². The number of nitrogens with one attached hydrogen (secondary N) is 1. The van der Waals surface area contributed by atoms with Crippen LogP contribution in [0.25, 0.3) is 0 Å². The van der Waals surface area contributed by atoms with Crippen molar-refractivity contribution in [2.24, 2.45) is 0 Å². The maximum atomic E-state index is 11.8. The third-order valence-corrected chi connectivity index (χ3v) is 3.17. The minimum absolute atomic E-state index is 0. The van der Waals surface area contributed by atoms with E-state index in [4.69, 9.17) is 4.74 Å². The number of ether oxygens (including phenoxy) is 1. The average Bonchev–Trinajstić information content (AvgIpc) is 2.36. The van der Waals surface area contributed by atoms with Crippen LogP contribution in [0.1, 0.15) is 20.3 Å². The lowest BCUT2D eigenvalue weighted by Gasteiger charge is -2.34. The molecule has 0 saturated carbocycles. The number of hydrogen-bond donors (Lipinski definition) is 1. The van der Waals surface area contributed by atoms with Gasteiger partial charge in [0.2, 0.25) is 5.91 Å². The van der Waals surface area contributed by atoms with Crippen molar-refractivity contribution in [3.05, 3.63) is 0 Å². The van der Waals surface area contributed by atoms with Crippen LogP contribution in [0.3, 0.4) is 0 Å². The maximum Gasteiger partial charge on any atom is 0.223 e. The van der Waals surface area contributed by atoms with Crippen LogP contribution >= 0.6 is 24.8 Å². The van der Waals surface area contributed by atoms with Crippen molar-refractivity contribution >= 4 is 30.7 Å². The van der Waals surface area contributed by atoms with Crippen molar-refractivity contribution < 1.29 is 9.53 Å². The van der Waals surface area contributed by atoms with E-state index in [9.17, 15) is 4.79 Å². The zero-order valence-corrected chi connectivity index (χ0v) is 14.4. The minimum Gasteiger partial charge on any atom is -0.377 e. The van der Waals surface area contributed by atoms with Crippen LogP contribution in [0, 0.1) is 0 Å². The Morgan fingerprint density at radius 3 is 2.30 bits per heavy atom. The van der Waals surface area contributed by atoms with E-state index >= 15 is 0 Å². The van der Waals surface area contributed by atoms with Crippen LogP contribution in [0.4, 0.5) is 0 Å². The van der Waals surface area contributed by atoms with Gasteiger partial charge in [-0.05, 0) is 20.9 Å². The summed E-state index contributed by atoms with van der Waals surface area (Å²) in [6.07, 6.45) is 0.905. The fourth-order valence-corrected chi connectivity index (χ4v) is 2.03. The van der Waals surface area contributed by atoms with Crippen molar-refractivity contribution in [3.63, 3.8) is 0 Å². The van der Waals surface area contributed by atoms with Crippen molar-refractivity contribution in [1.82, 2.24) is 15.1 Å². The lowest BCUT2D eigenvalue weighted by molar-refractivity contribution is -0.132. The van der Waals surface area contributed by atoms with E-state index < -0.39 is 0 Å². The van der Waals surface area contributed by atoms with E-state index in [1.54, 1.807) is 0 Å². The van der Waals surface area contributed by atoms with Gasteiger partial charge in [0.15, 0.2) is 0 Å². The largest absolute Gasteiger partial charge is 0.377 e. The minimum atomic E-state index is 0. The van der Waals surface area contributed by atoms with Gasteiger partial charge in [-0.15, -0.1) is 24.8 Å². The van der Waals surface area contributed by atoms with E-state index in [0.717, 1.165) is 45.9 Å². The summed E-state index contributed by atoms with van der Waals surface area (Å²) in [5.74, 6) is 0.266. The monoisotopic (exact) mass is 329 g/mol. The molecule has 7 heteroatoms. The number of rotatable bonds is 7. The van der Waals surface area contributed by atoms with Crippen LogP contribution < -0.4 is 5.32 Å². The molecule has 0 unspecified atom stereocenters. The van der Waals surface area contributed by atoms with Crippen LogP contribution in [0.2, 0.25) is 0 Å². The molecule has 1 rings (SSSR count). The second kappa shape index (κ2) is 12.7. The zero-order valence-electron chi connectivity index (χ0n) is 12.8. The van der Waals surface area contributed by atoms with Gasteiger partial charge in [-0.2, -0.15) is 0 Å². The highest BCUT2D eigenvalue weighted by atomic mass is 35.5. The van der Waals surface area contributed by atoms with E-state index in [-0.39, 0.29) is 30.7 Å². The predicted octanol–water partition coefficient (Wildman–Crippen LogP) is 1.01. The molecule has 5 nitrogen and oxygen atoms in total. The third kappa shape index (κ3) is 8.97. The fraction of sp³-hybridized carbons (Fsp3) is 0.923. The quantitative estimate of drug-likeness (QED) is 0.757. The Hall–Kier alpha value is -0.0700. The molecule has 1 fully saturated rings. The number of carbonyl (C=O) groups is 1. The summed E-state index contributed by atoms with van der Waals surface area (Å²) < 4.78 is 5.54. The molecule has 122 valence electrons. The van der Waals surface area contributed by atoms with Crippen LogP contribution in [-0.2, 0) is 9.53 Å². The summed E-state index contributed by atoms with van der Waals surface area (Å²) in [6.45, 7) is 10.3. The molecule has 1 saturated heterocycles. The average molecular weight is 330 g/mol. The number of amides is 1. The van der Waals surface area contributed by atoms with Gasteiger partial charge < -0.3 is 15.0 Å². The van der Waals surface area contributed by atoms with Crippen LogP contribution in [0.5, 0.6) is 0 Å². The second-order valence-corrected chi connectivity index (χ2v) is 5.00. The summed E-state index contributed by atoms with van der Waals surface area (Å²) >= 11 is 0. The first-order chi connectivity index (χ1) is 8.63. The SMILES string of the molecule is CNCCC(=O)N1CCN(CCOC(C)C)CC1.Cl.Cl. The molecule has 1 N–H and O–H groups in total. The zero-order chi connectivity index (χ0) is 13.4. The molecular weight excluding hydrogens is 301 g/mol. The highest BCUT2D eigenvalue weighted by molar-refractivity contribution is 5.85. The van der Waals surface area contributed by atoms with Crippen molar-refractivity contribution in [2.75, 3.05) is 52.9 Å². The van der Waals surface area contributed by atoms with Gasteiger partial charge in [0, 0.05) is 45.7 Å². The Balaban J connectivity index is 0. The molecule has 0 aromatic heterocycles. The van der Waals surface area contributed by atoms with Crippen molar-refractivity contribution in [2.45, 2.75) is 26.4 Å². The highest BCUT2D eigenvalue weighted by Gasteiger charge is 2.20. The summed E-state index contributed by atoms with van der Waals surface area (Å²) in [5.41, 5.74) is 0. The van der Waals surface area contributed by atoms with Gasteiger partial charge in [0.25, 0.3) is 0 Å². The molecule has 0 aromatic rings. The first-order valence-electron chi connectivity index (χ1n) is 6.90. The molecule has 0 atom stereocenters. The Labute approximate surface area is 135 Å². The van der Waals surface area contributed by atoms with Gasteiger partial charge in [-0.1, -0.05) is 0 Å². The second-order valence-electron chi connectivity index (χ2n) is 5.00. The van der Waals surface area contributed by atoms with Gasteiger partial charge >= 0.3 is 0 Å². The normalized spacial score (nSPS) is 15.7. The molecule has 1 heterocycles. The number of hydrogen-bond acceptors (Lipinski definition) is 4. The lowest BCUT2D eigenvalue weighted by Crippen LogP contribution is -2.49. The molecule has 0 radical (unpaired) electrons. The Morgan fingerprint density at radius 2 is 1.80 bits per heavy atom. The first-order valence-corrected chi connectivity index (χ1v) is 6.90. The topological polar surface area (TPSA) is 44.8 Å². The molecule has 0 aromatic carbocycles. The fourth-order valence-electron chi connectivity index (χ4n) is 2.03. The number of carbonyl (C=O) groups excluding carboxylic acids is 1. The highest BCUT2D eigenvalue weighted by Crippen LogP contribution is 2.03. The van der Waals surface area contributed by atoms with E-state index in [2.05, 4.69) is 24.1 Å². The van der Waals surface area contributed by atoms with Crippen LogP contribution in [-0.4, -0.2) is 74.7 Å². The summed E-state index contributed by atoms with van der Waals surface area (Å²) in [4.78, 5) is 16.1. The van der Waals surface area contributed by atoms with Crippen molar-refractivity contribution in [1.29, 1.82) is 0 Å². The van der Waals surface area contributed by atoms with E-state index in [1.807, 2.05) is 11.9 Å². The number of piperazine rings is 1. The molecule has 20 heavy (non-hydrogen) atoms. The first kappa shape index (κ1) is 22.2. The molecule has 1 amide bonds.